The average Bonchev–Trinajstić information content (AvgIpc) is 2.75. The molecule has 1 saturated heterocycles. The Morgan fingerprint density at radius 1 is 0.969 bits per heavy atom. The lowest BCUT2D eigenvalue weighted by Gasteiger charge is -2.35. The zero-order valence-corrected chi connectivity index (χ0v) is 17.8. The zero-order valence-electron chi connectivity index (χ0n) is 17.8. The summed E-state index contributed by atoms with van der Waals surface area (Å²) in [5, 5.41) is 0.849. The summed E-state index contributed by atoms with van der Waals surface area (Å²) in [5.74, 6) is 0.723. The van der Waals surface area contributed by atoms with Crippen LogP contribution in [0.5, 0.6) is 5.75 Å². The van der Waals surface area contributed by atoms with Crippen molar-refractivity contribution in [1.82, 2.24) is 9.80 Å². The second-order valence-corrected chi connectivity index (χ2v) is 7.93. The summed E-state index contributed by atoms with van der Waals surface area (Å²) >= 11 is 0. The molecule has 0 unspecified atom stereocenters. The minimum absolute atomic E-state index is 0.389. The summed E-state index contributed by atoms with van der Waals surface area (Å²) in [4.78, 5) is 16.4. The van der Waals surface area contributed by atoms with Crippen molar-refractivity contribution in [2.45, 2.75) is 26.2 Å². The Balaban J connectivity index is 1.42. The fourth-order valence-electron chi connectivity index (χ4n) is 4.04. The number of rotatable bonds is 6. The van der Waals surface area contributed by atoms with Crippen LogP contribution in [-0.2, 0) is 19.3 Å². The zero-order chi connectivity index (χ0) is 22.7. The quantitative estimate of drug-likeness (QED) is 0.521. The third-order valence-electron chi connectivity index (χ3n) is 5.63. The van der Waals surface area contributed by atoms with Crippen molar-refractivity contribution in [3.63, 3.8) is 0 Å². The van der Waals surface area contributed by atoms with E-state index in [1.807, 2.05) is 13.0 Å². The van der Waals surface area contributed by atoms with E-state index in [0.717, 1.165) is 48.9 Å². The van der Waals surface area contributed by atoms with Crippen LogP contribution < -0.4 is 10.4 Å². The van der Waals surface area contributed by atoms with Gasteiger partial charge in [-0.05, 0) is 42.3 Å². The van der Waals surface area contributed by atoms with E-state index in [-0.39, 0.29) is 5.63 Å². The molecule has 0 amide bonds. The van der Waals surface area contributed by atoms with Crippen molar-refractivity contribution in [1.29, 1.82) is 0 Å². The molecule has 0 bridgehead atoms. The minimum Gasteiger partial charge on any atom is -0.494 e. The number of nitrogens with zero attached hydrogens (tertiary/aromatic N) is 2. The van der Waals surface area contributed by atoms with Gasteiger partial charge in [0.1, 0.15) is 11.3 Å². The van der Waals surface area contributed by atoms with Crippen LogP contribution in [0, 0.1) is 0 Å². The molecule has 1 fully saturated rings. The van der Waals surface area contributed by atoms with Crippen molar-refractivity contribution in [2.24, 2.45) is 0 Å². The Morgan fingerprint density at radius 2 is 1.69 bits per heavy atom. The fraction of sp³-hybridized carbons (Fsp3) is 0.375. The molecule has 0 N–H and O–H groups in total. The first-order valence-corrected chi connectivity index (χ1v) is 10.6. The normalized spacial score (nSPS) is 15.9. The van der Waals surface area contributed by atoms with Gasteiger partial charge >= 0.3 is 11.8 Å². The van der Waals surface area contributed by atoms with Gasteiger partial charge < -0.3 is 9.15 Å². The van der Waals surface area contributed by atoms with Gasteiger partial charge in [0, 0.05) is 50.7 Å². The van der Waals surface area contributed by atoms with Crippen molar-refractivity contribution in [3.05, 3.63) is 75.6 Å². The molecule has 2 heterocycles. The van der Waals surface area contributed by atoms with Gasteiger partial charge in [-0.2, -0.15) is 13.2 Å². The number of benzene rings is 2. The van der Waals surface area contributed by atoms with Crippen LogP contribution in [0.4, 0.5) is 13.2 Å². The topological polar surface area (TPSA) is 45.9 Å². The van der Waals surface area contributed by atoms with Gasteiger partial charge in [-0.3, -0.25) is 9.80 Å². The molecule has 0 aliphatic carbocycles. The Bertz CT molecular complexity index is 1140. The van der Waals surface area contributed by atoms with Gasteiger partial charge in [0.05, 0.1) is 12.2 Å². The molecule has 1 aliphatic rings. The summed E-state index contributed by atoms with van der Waals surface area (Å²) in [6, 6.07) is 12.4. The molecule has 1 aromatic heterocycles. The predicted octanol–water partition coefficient (Wildman–Crippen LogP) is 4.53. The SMILES string of the molecule is CCOc1ccc2oc(=O)cc(CN3CCN(Cc4cccc(C(F)(F)F)c4)CC3)c2c1. The van der Waals surface area contributed by atoms with Gasteiger partial charge in [0.2, 0.25) is 0 Å². The Morgan fingerprint density at radius 3 is 2.38 bits per heavy atom. The average molecular weight is 446 g/mol. The third-order valence-corrected chi connectivity index (χ3v) is 5.63. The van der Waals surface area contributed by atoms with Crippen LogP contribution in [0.25, 0.3) is 11.0 Å². The molecular weight excluding hydrogens is 421 g/mol. The summed E-state index contributed by atoms with van der Waals surface area (Å²) in [6.07, 6.45) is -4.33. The molecule has 5 nitrogen and oxygen atoms in total. The van der Waals surface area contributed by atoms with Crippen molar-refractivity contribution in [2.75, 3.05) is 32.8 Å². The molecule has 3 aromatic rings. The molecule has 1 aliphatic heterocycles. The van der Waals surface area contributed by atoms with Crippen LogP contribution in [0.1, 0.15) is 23.6 Å². The van der Waals surface area contributed by atoms with Crippen molar-refractivity contribution < 1.29 is 22.3 Å². The van der Waals surface area contributed by atoms with E-state index in [4.69, 9.17) is 9.15 Å². The van der Waals surface area contributed by atoms with Crippen molar-refractivity contribution in [3.8, 4) is 5.75 Å². The van der Waals surface area contributed by atoms with E-state index < -0.39 is 11.7 Å². The van der Waals surface area contributed by atoms with E-state index in [0.29, 0.717) is 30.8 Å². The Kier molecular flexibility index (Phi) is 6.53. The second kappa shape index (κ2) is 9.34. The van der Waals surface area contributed by atoms with Gasteiger partial charge in [0.25, 0.3) is 0 Å². The minimum atomic E-state index is -4.33. The third kappa shape index (κ3) is 5.31. The Labute approximate surface area is 184 Å². The summed E-state index contributed by atoms with van der Waals surface area (Å²) < 4.78 is 49.8. The number of alkyl halides is 3. The van der Waals surface area contributed by atoms with E-state index in [1.165, 1.54) is 18.2 Å². The summed E-state index contributed by atoms with van der Waals surface area (Å²) in [6.45, 7) is 6.51. The van der Waals surface area contributed by atoms with Gasteiger partial charge in [-0.15, -0.1) is 0 Å². The maximum absolute atomic E-state index is 13.0. The van der Waals surface area contributed by atoms with Crippen LogP contribution in [0.2, 0.25) is 0 Å². The van der Waals surface area contributed by atoms with E-state index in [2.05, 4.69) is 9.80 Å². The van der Waals surface area contributed by atoms with Crippen LogP contribution >= 0.6 is 0 Å². The highest BCUT2D eigenvalue weighted by molar-refractivity contribution is 5.81. The number of fused-ring (bicyclic) bond motifs is 1. The fourth-order valence-corrected chi connectivity index (χ4v) is 4.04. The maximum atomic E-state index is 13.0. The van der Waals surface area contributed by atoms with Crippen molar-refractivity contribution >= 4 is 11.0 Å². The molecule has 32 heavy (non-hydrogen) atoms. The highest BCUT2D eigenvalue weighted by Gasteiger charge is 2.30. The first kappa shape index (κ1) is 22.4. The van der Waals surface area contributed by atoms with E-state index >= 15 is 0 Å². The smallest absolute Gasteiger partial charge is 0.416 e. The first-order valence-electron chi connectivity index (χ1n) is 10.6. The highest BCUT2D eigenvalue weighted by atomic mass is 19.4. The lowest BCUT2D eigenvalue weighted by molar-refractivity contribution is -0.137. The van der Waals surface area contributed by atoms with Crippen LogP contribution in [0.15, 0.2) is 57.7 Å². The Hall–Kier alpha value is -2.84. The standard InChI is InChI=1S/C24H25F3N2O3/c1-2-31-20-6-7-22-21(14-20)18(13-23(30)32-22)16-29-10-8-28(9-11-29)15-17-4-3-5-19(12-17)24(25,26)27/h3-7,12-14H,2,8-11,15-16H2,1H3. The van der Waals surface area contributed by atoms with Crippen LogP contribution in [-0.4, -0.2) is 42.6 Å². The number of piperazine rings is 1. The second-order valence-electron chi connectivity index (χ2n) is 7.93. The molecule has 2 aromatic carbocycles. The van der Waals surface area contributed by atoms with Gasteiger partial charge in [-0.1, -0.05) is 18.2 Å². The molecule has 8 heteroatoms. The maximum Gasteiger partial charge on any atom is 0.416 e. The molecule has 4 rings (SSSR count). The molecule has 0 saturated carbocycles. The number of hydrogen-bond donors (Lipinski definition) is 0. The monoisotopic (exact) mass is 446 g/mol. The molecule has 0 spiro atoms. The lowest BCUT2D eigenvalue weighted by Crippen LogP contribution is -2.45. The van der Waals surface area contributed by atoms with E-state index in [1.54, 1.807) is 18.2 Å². The molecule has 0 atom stereocenters. The number of ether oxygens (including phenoxy) is 1. The number of hydrogen-bond acceptors (Lipinski definition) is 5. The van der Waals surface area contributed by atoms with E-state index in [9.17, 15) is 18.0 Å². The molecule has 0 radical (unpaired) electrons. The van der Waals surface area contributed by atoms with Gasteiger partial charge in [0.15, 0.2) is 0 Å². The van der Waals surface area contributed by atoms with Gasteiger partial charge in [-0.25, -0.2) is 4.79 Å². The predicted molar refractivity (Wildman–Crippen MR) is 116 cm³/mol. The van der Waals surface area contributed by atoms with Crippen LogP contribution in [0.3, 0.4) is 0 Å². The highest BCUT2D eigenvalue weighted by Crippen LogP contribution is 2.30. The summed E-state index contributed by atoms with van der Waals surface area (Å²) in [5.41, 5.74) is 1.06. The summed E-state index contributed by atoms with van der Waals surface area (Å²) in [7, 11) is 0. The lowest BCUT2D eigenvalue weighted by atomic mass is 10.1. The molecular formula is C24H25F3N2O3. The first-order chi connectivity index (χ1) is 15.3. The number of halogens is 3. The molecule has 170 valence electrons. The largest absolute Gasteiger partial charge is 0.494 e.